The average molecular weight is 322 g/mol. The minimum Gasteiger partial charge on any atom is -0.508 e. The summed E-state index contributed by atoms with van der Waals surface area (Å²) in [4.78, 5) is 0. The molecule has 0 saturated carbocycles. The summed E-state index contributed by atoms with van der Waals surface area (Å²) in [5, 5.41) is 22.6. The molecule has 1 unspecified atom stereocenters. The topological polar surface area (TPSA) is 52.5 Å². The molecule has 2 aromatic rings. The number of halogens is 1. The fraction of sp³-hybridized carbons (Fsp3) is 0.200. The largest absolute Gasteiger partial charge is 0.508 e. The van der Waals surface area contributed by atoms with Crippen molar-refractivity contribution in [1.29, 1.82) is 0 Å². The van der Waals surface area contributed by atoms with E-state index in [2.05, 4.69) is 21.2 Å². The second-order valence-corrected chi connectivity index (χ2v) is 5.29. The van der Waals surface area contributed by atoms with Crippen molar-refractivity contribution in [3.63, 3.8) is 0 Å². The van der Waals surface area contributed by atoms with E-state index in [4.69, 9.17) is 0 Å². The van der Waals surface area contributed by atoms with Crippen molar-refractivity contribution >= 4 is 15.9 Å². The van der Waals surface area contributed by atoms with Crippen LogP contribution in [0.15, 0.2) is 46.9 Å². The molecule has 0 fully saturated rings. The molecule has 0 bridgehead atoms. The third-order valence-corrected chi connectivity index (χ3v) is 3.81. The number of phenolic OH excluding ortho intramolecular Hbond substituents is 2. The Bertz CT molecular complexity index is 572. The number of rotatable bonds is 4. The molecule has 2 rings (SSSR count). The first-order valence-electron chi connectivity index (χ1n) is 6.06. The van der Waals surface area contributed by atoms with E-state index < -0.39 is 0 Å². The van der Waals surface area contributed by atoms with Crippen LogP contribution in [0.3, 0.4) is 0 Å². The van der Waals surface area contributed by atoms with Crippen molar-refractivity contribution < 1.29 is 10.2 Å². The molecular formula is C15H16BrNO2. The van der Waals surface area contributed by atoms with Crippen molar-refractivity contribution in [2.24, 2.45) is 0 Å². The molecule has 0 aliphatic rings. The molecule has 0 aliphatic heterocycles. The van der Waals surface area contributed by atoms with Crippen LogP contribution in [0.1, 0.15) is 24.1 Å². The van der Waals surface area contributed by atoms with Gasteiger partial charge in [-0.25, -0.2) is 0 Å². The molecule has 3 N–H and O–H groups in total. The second-order valence-electron chi connectivity index (χ2n) is 4.44. The Morgan fingerprint density at radius 1 is 1.16 bits per heavy atom. The standard InChI is InChI=1S/C15H16BrNO2/c1-10(13-8-12(18)6-7-15(13)19)17-9-11-4-2-3-5-14(11)16/h2-8,10,17-19H,9H2,1H3. The summed E-state index contributed by atoms with van der Waals surface area (Å²) in [6.07, 6.45) is 0. The summed E-state index contributed by atoms with van der Waals surface area (Å²) in [6.45, 7) is 2.63. The lowest BCUT2D eigenvalue weighted by atomic mass is 10.1. The van der Waals surface area contributed by atoms with Crippen LogP contribution < -0.4 is 5.32 Å². The first-order valence-corrected chi connectivity index (χ1v) is 6.86. The SMILES string of the molecule is CC(NCc1ccccc1Br)c1cc(O)ccc1O. The van der Waals surface area contributed by atoms with Crippen LogP contribution >= 0.6 is 15.9 Å². The van der Waals surface area contributed by atoms with E-state index in [0.29, 0.717) is 12.1 Å². The fourth-order valence-electron chi connectivity index (χ4n) is 1.90. The first-order chi connectivity index (χ1) is 9.08. The van der Waals surface area contributed by atoms with Gasteiger partial charge >= 0.3 is 0 Å². The Balaban J connectivity index is 2.07. The zero-order chi connectivity index (χ0) is 13.8. The highest BCUT2D eigenvalue weighted by Gasteiger charge is 2.11. The van der Waals surface area contributed by atoms with Crippen LogP contribution in [0.5, 0.6) is 11.5 Å². The second kappa shape index (κ2) is 6.08. The summed E-state index contributed by atoms with van der Waals surface area (Å²) >= 11 is 3.50. The van der Waals surface area contributed by atoms with Crippen LogP contribution in [-0.2, 0) is 6.54 Å². The quantitative estimate of drug-likeness (QED) is 0.752. The van der Waals surface area contributed by atoms with Gasteiger partial charge in [-0.2, -0.15) is 0 Å². The molecular weight excluding hydrogens is 306 g/mol. The molecule has 19 heavy (non-hydrogen) atoms. The third-order valence-electron chi connectivity index (χ3n) is 3.03. The highest BCUT2D eigenvalue weighted by Crippen LogP contribution is 2.28. The summed E-state index contributed by atoms with van der Waals surface area (Å²) in [7, 11) is 0. The molecule has 100 valence electrons. The summed E-state index contributed by atoms with van der Waals surface area (Å²) < 4.78 is 1.05. The highest BCUT2D eigenvalue weighted by molar-refractivity contribution is 9.10. The fourth-order valence-corrected chi connectivity index (χ4v) is 2.33. The smallest absolute Gasteiger partial charge is 0.120 e. The number of phenols is 2. The third kappa shape index (κ3) is 3.49. The Morgan fingerprint density at radius 2 is 1.89 bits per heavy atom. The molecule has 0 aromatic heterocycles. The van der Waals surface area contributed by atoms with E-state index in [0.717, 1.165) is 10.0 Å². The predicted octanol–water partition coefficient (Wildman–Crippen LogP) is 3.71. The average Bonchev–Trinajstić information content (AvgIpc) is 2.40. The number of hydrogen-bond donors (Lipinski definition) is 3. The Labute approximate surface area is 121 Å². The number of aromatic hydroxyl groups is 2. The minimum atomic E-state index is -0.0563. The summed E-state index contributed by atoms with van der Waals surface area (Å²) in [6, 6.07) is 12.5. The van der Waals surface area contributed by atoms with Gasteiger partial charge in [0.15, 0.2) is 0 Å². The van der Waals surface area contributed by atoms with Crippen LogP contribution in [-0.4, -0.2) is 10.2 Å². The molecule has 0 radical (unpaired) electrons. The molecule has 0 aliphatic carbocycles. The molecule has 3 nitrogen and oxygen atoms in total. The van der Waals surface area contributed by atoms with Crippen molar-refractivity contribution in [3.8, 4) is 11.5 Å². The number of nitrogens with one attached hydrogen (secondary N) is 1. The van der Waals surface area contributed by atoms with Gasteiger partial charge in [0, 0.05) is 22.6 Å². The van der Waals surface area contributed by atoms with Crippen LogP contribution in [0.2, 0.25) is 0 Å². The van der Waals surface area contributed by atoms with Gasteiger partial charge in [-0.1, -0.05) is 34.1 Å². The minimum absolute atomic E-state index is 0.0563. The summed E-state index contributed by atoms with van der Waals surface area (Å²) in [5.74, 6) is 0.340. The normalized spacial score (nSPS) is 12.3. The molecule has 1 atom stereocenters. The van der Waals surface area contributed by atoms with E-state index in [1.165, 1.54) is 12.1 Å². The van der Waals surface area contributed by atoms with Crippen LogP contribution in [0.4, 0.5) is 0 Å². The van der Waals surface area contributed by atoms with Crippen LogP contribution in [0.25, 0.3) is 0 Å². The maximum atomic E-state index is 9.80. The van der Waals surface area contributed by atoms with Crippen molar-refractivity contribution in [1.82, 2.24) is 5.32 Å². The summed E-state index contributed by atoms with van der Waals surface area (Å²) in [5.41, 5.74) is 1.83. The number of hydrogen-bond acceptors (Lipinski definition) is 3. The van der Waals surface area contributed by atoms with E-state index in [-0.39, 0.29) is 17.5 Å². The van der Waals surface area contributed by atoms with E-state index in [1.807, 2.05) is 31.2 Å². The Morgan fingerprint density at radius 3 is 2.63 bits per heavy atom. The predicted molar refractivity (Wildman–Crippen MR) is 79.2 cm³/mol. The molecule has 2 aromatic carbocycles. The zero-order valence-corrected chi connectivity index (χ0v) is 12.2. The van der Waals surface area contributed by atoms with Gasteiger partial charge in [0.1, 0.15) is 11.5 Å². The number of benzene rings is 2. The van der Waals surface area contributed by atoms with E-state index in [1.54, 1.807) is 6.07 Å². The van der Waals surface area contributed by atoms with Gasteiger partial charge in [-0.3, -0.25) is 0 Å². The van der Waals surface area contributed by atoms with Crippen LogP contribution in [0, 0.1) is 0 Å². The lowest BCUT2D eigenvalue weighted by Crippen LogP contribution is -2.18. The molecule has 0 spiro atoms. The van der Waals surface area contributed by atoms with E-state index >= 15 is 0 Å². The molecule has 4 heteroatoms. The molecule has 0 saturated heterocycles. The maximum absolute atomic E-state index is 9.80. The molecule has 0 heterocycles. The maximum Gasteiger partial charge on any atom is 0.120 e. The Hall–Kier alpha value is -1.52. The van der Waals surface area contributed by atoms with Gasteiger partial charge in [0.2, 0.25) is 0 Å². The van der Waals surface area contributed by atoms with Crippen molar-refractivity contribution in [2.75, 3.05) is 0 Å². The lowest BCUT2D eigenvalue weighted by Gasteiger charge is -2.16. The van der Waals surface area contributed by atoms with Gasteiger partial charge in [-0.05, 0) is 36.8 Å². The van der Waals surface area contributed by atoms with E-state index in [9.17, 15) is 10.2 Å². The first kappa shape index (κ1) is 13.9. The monoisotopic (exact) mass is 321 g/mol. The van der Waals surface area contributed by atoms with Gasteiger partial charge in [0.05, 0.1) is 0 Å². The lowest BCUT2D eigenvalue weighted by molar-refractivity contribution is 0.440. The highest BCUT2D eigenvalue weighted by atomic mass is 79.9. The van der Waals surface area contributed by atoms with Gasteiger partial charge in [0.25, 0.3) is 0 Å². The van der Waals surface area contributed by atoms with Crippen molar-refractivity contribution in [3.05, 3.63) is 58.1 Å². The van der Waals surface area contributed by atoms with Crippen molar-refractivity contribution in [2.45, 2.75) is 19.5 Å². The Kier molecular flexibility index (Phi) is 4.45. The van der Waals surface area contributed by atoms with Gasteiger partial charge in [-0.15, -0.1) is 0 Å². The zero-order valence-electron chi connectivity index (χ0n) is 10.6. The molecule has 0 amide bonds. The van der Waals surface area contributed by atoms with Gasteiger partial charge < -0.3 is 15.5 Å².